The van der Waals surface area contributed by atoms with Crippen molar-refractivity contribution in [2.75, 3.05) is 10.8 Å². The smallest absolute Gasteiger partial charge is 0.274 e. The van der Waals surface area contributed by atoms with Crippen molar-refractivity contribution in [1.82, 2.24) is 9.78 Å². The molecule has 22 heavy (non-hydrogen) atoms. The fourth-order valence-electron chi connectivity index (χ4n) is 2.49. The lowest BCUT2D eigenvalue weighted by Crippen LogP contribution is -2.36. The van der Waals surface area contributed by atoms with E-state index in [2.05, 4.69) is 5.10 Å². The number of halogens is 3. The Kier molecular flexibility index (Phi) is 3.39. The molecule has 0 bridgehead atoms. The molecule has 5 nitrogen and oxygen atoms in total. The SMILES string of the molecule is Cn1ccc(S(=O)(=O)N2CCCc3c2cc(F)c(F)c3F)n1. The van der Waals surface area contributed by atoms with Crippen molar-refractivity contribution < 1.29 is 21.6 Å². The van der Waals surface area contributed by atoms with Crippen LogP contribution in [-0.4, -0.2) is 24.7 Å². The van der Waals surface area contributed by atoms with Gasteiger partial charge >= 0.3 is 0 Å². The Morgan fingerprint density at radius 3 is 2.59 bits per heavy atom. The summed E-state index contributed by atoms with van der Waals surface area (Å²) in [5.74, 6) is -4.34. The van der Waals surface area contributed by atoms with Crippen LogP contribution in [0.1, 0.15) is 12.0 Å². The van der Waals surface area contributed by atoms with Gasteiger partial charge in [0, 0.05) is 31.4 Å². The molecule has 0 spiro atoms. The lowest BCUT2D eigenvalue weighted by atomic mass is 10.0. The van der Waals surface area contributed by atoms with Crippen molar-refractivity contribution in [3.05, 3.63) is 41.3 Å². The molecular formula is C13H12F3N3O2S. The zero-order valence-electron chi connectivity index (χ0n) is 11.6. The number of anilines is 1. The molecule has 1 aromatic carbocycles. The van der Waals surface area contributed by atoms with Crippen LogP contribution in [0, 0.1) is 17.5 Å². The summed E-state index contributed by atoms with van der Waals surface area (Å²) >= 11 is 0. The number of nitrogens with zero attached hydrogens (tertiary/aromatic N) is 3. The monoisotopic (exact) mass is 331 g/mol. The van der Waals surface area contributed by atoms with E-state index in [0.29, 0.717) is 12.5 Å². The van der Waals surface area contributed by atoms with E-state index in [1.807, 2.05) is 0 Å². The molecular weight excluding hydrogens is 319 g/mol. The van der Waals surface area contributed by atoms with Gasteiger partial charge in [0.1, 0.15) is 0 Å². The van der Waals surface area contributed by atoms with Crippen molar-refractivity contribution in [3.8, 4) is 0 Å². The van der Waals surface area contributed by atoms with Crippen LogP contribution >= 0.6 is 0 Å². The molecule has 2 aromatic rings. The van der Waals surface area contributed by atoms with Crippen molar-refractivity contribution in [2.24, 2.45) is 7.05 Å². The summed E-state index contributed by atoms with van der Waals surface area (Å²) in [7, 11) is -2.50. The normalized spacial score (nSPS) is 15.0. The average molecular weight is 331 g/mol. The summed E-state index contributed by atoms with van der Waals surface area (Å²) in [5, 5.41) is 3.59. The van der Waals surface area contributed by atoms with Gasteiger partial charge in [0.25, 0.3) is 10.0 Å². The van der Waals surface area contributed by atoms with Crippen LogP contribution in [0.3, 0.4) is 0 Å². The van der Waals surface area contributed by atoms with Crippen molar-refractivity contribution in [1.29, 1.82) is 0 Å². The number of aromatic nitrogens is 2. The third-order valence-corrected chi connectivity index (χ3v) is 5.25. The largest absolute Gasteiger partial charge is 0.283 e. The van der Waals surface area contributed by atoms with E-state index in [9.17, 15) is 21.6 Å². The van der Waals surface area contributed by atoms with Crippen molar-refractivity contribution in [3.63, 3.8) is 0 Å². The zero-order valence-corrected chi connectivity index (χ0v) is 12.4. The second-order valence-corrected chi connectivity index (χ2v) is 6.80. The van der Waals surface area contributed by atoms with Crippen molar-refractivity contribution >= 4 is 15.7 Å². The summed E-state index contributed by atoms with van der Waals surface area (Å²) in [6, 6.07) is 2.01. The number of hydrogen-bond donors (Lipinski definition) is 0. The van der Waals surface area contributed by atoms with Crippen LogP contribution in [0.15, 0.2) is 23.4 Å². The van der Waals surface area contributed by atoms with Crippen LogP contribution in [0.5, 0.6) is 0 Å². The van der Waals surface area contributed by atoms with Gasteiger partial charge in [0.2, 0.25) is 0 Å². The lowest BCUT2D eigenvalue weighted by molar-refractivity contribution is 0.438. The number of sulfonamides is 1. The molecule has 0 aliphatic carbocycles. The van der Waals surface area contributed by atoms with Crippen LogP contribution in [0.25, 0.3) is 0 Å². The topological polar surface area (TPSA) is 55.2 Å². The first kappa shape index (κ1) is 14.9. The third kappa shape index (κ3) is 2.16. The van der Waals surface area contributed by atoms with Crippen LogP contribution in [-0.2, 0) is 23.5 Å². The molecule has 118 valence electrons. The molecule has 0 saturated carbocycles. The van der Waals surface area contributed by atoms with Gasteiger partial charge in [-0.25, -0.2) is 13.2 Å². The Bertz CT molecular complexity index is 848. The van der Waals surface area contributed by atoms with E-state index in [0.717, 1.165) is 4.31 Å². The molecule has 9 heteroatoms. The van der Waals surface area contributed by atoms with Gasteiger partial charge in [0.15, 0.2) is 22.5 Å². The molecule has 1 aliphatic rings. The molecule has 0 unspecified atom stereocenters. The third-order valence-electron chi connectivity index (χ3n) is 3.54. The second kappa shape index (κ2) is 5.01. The molecule has 0 amide bonds. The molecule has 2 heterocycles. The van der Waals surface area contributed by atoms with Gasteiger partial charge in [-0.2, -0.15) is 13.5 Å². The Morgan fingerprint density at radius 1 is 1.23 bits per heavy atom. The predicted molar refractivity (Wildman–Crippen MR) is 72.4 cm³/mol. The standard InChI is InChI=1S/C13H12F3N3O2S/c1-18-6-4-11(17-18)22(20,21)19-5-2-3-8-10(19)7-9(14)13(16)12(8)15/h4,6-7H,2-3,5H2,1H3. The molecule has 0 radical (unpaired) electrons. The minimum atomic E-state index is -4.06. The van der Waals surface area contributed by atoms with E-state index < -0.39 is 27.5 Å². The fraction of sp³-hybridized carbons (Fsp3) is 0.308. The van der Waals surface area contributed by atoms with Gasteiger partial charge in [-0.1, -0.05) is 0 Å². The van der Waals surface area contributed by atoms with E-state index in [4.69, 9.17) is 0 Å². The minimum absolute atomic E-state index is 0.0520. The number of benzene rings is 1. The van der Waals surface area contributed by atoms with Gasteiger partial charge < -0.3 is 0 Å². The van der Waals surface area contributed by atoms with E-state index in [1.165, 1.54) is 16.9 Å². The predicted octanol–water partition coefficient (Wildman–Crippen LogP) is 1.98. The summed E-state index contributed by atoms with van der Waals surface area (Å²) in [5.41, 5.74) is -0.307. The second-order valence-electron chi connectivity index (χ2n) is 4.99. The minimum Gasteiger partial charge on any atom is -0.274 e. The van der Waals surface area contributed by atoms with Gasteiger partial charge in [0.05, 0.1) is 5.69 Å². The van der Waals surface area contributed by atoms with Crippen molar-refractivity contribution in [2.45, 2.75) is 17.9 Å². The fourth-order valence-corrected chi connectivity index (χ4v) is 3.98. The molecule has 0 fully saturated rings. The lowest BCUT2D eigenvalue weighted by Gasteiger charge is -2.30. The van der Waals surface area contributed by atoms with E-state index in [1.54, 1.807) is 7.05 Å². The highest BCUT2D eigenvalue weighted by Gasteiger charge is 2.34. The quantitative estimate of drug-likeness (QED) is 0.791. The molecule has 0 saturated heterocycles. The van der Waals surface area contributed by atoms with Gasteiger partial charge in [-0.15, -0.1) is 0 Å². The number of rotatable bonds is 2. The van der Waals surface area contributed by atoms with E-state index >= 15 is 0 Å². The highest BCUT2D eigenvalue weighted by molar-refractivity contribution is 7.92. The molecule has 0 atom stereocenters. The Balaban J connectivity index is 2.17. The summed E-state index contributed by atoms with van der Waals surface area (Å²) in [4.78, 5) is 0. The maximum Gasteiger partial charge on any atom is 0.283 e. The van der Waals surface area contributed by atoms with Crippen LogP contribution in [0.2, 0.25) is 0 Å². The maximum atomic E-state index is 13.9. The molecule has 1 aromatic heterocycles. The first-order chi connectivity index (χ1) is 10.3. The number of hydrogen-bond acceptors (Lipinski definition) is 3. The average Bonchev–Trinajstić information content (AvgIpc) is 2.92. The van der Waals surface area contributed by atoms with Crippen LogP contribution < -0.4 is 4.31 Å². The Hall–Kier alpha value is -2.03. The molecule has 1 aliphatic heterocycles. The summed E-state index contributed by atoms with van der Waals surface area (Å²) in [6.07, 6.45) is 1.90. The first-order valence-electron chi connectivity index (χ1n) is 6.51. The highest BCUT2D eigenvalue weighted by atomic mass is 32.2. The zero-order chi connectivity index (χ0) is 16.1. The molecule has 3 rings (SSSR count). The summed E-state index contributed by atoms with van der Waals surface area (Å²) < 4.78 is 68.0. The maximum absolute atomic E-state index is 13.9. The van der Waals surface area contributed by atoms with Gasteiger partial charge in [-0.05, 0) is 18.9 Å². The van der Waals surface area contributed by atoms with Gasteiger partial charge in [-0.3, -0.25) is 8.99 Å². The van der Waals surface area contributed by atoms with Crippen LogP contribution in [0.4, 0.5) is 18.9 Å². The van der Waals surface area contributed by atoms with E-state index in [-0.39, 0.29) is 29.2 Å². The number of fused-ring (bicyclic) bond motifs is 1. The highest BCUT2D eigenvalue weighted by Crippen LogP contribution is 2.35. The summed E-state index contributed by atoms with van der Waals surface area (Å²) in [6.45, 7) is 0.0520. The molecule has 0 N–H and O–H groups in total. The number of aryl methyl sites for hydroxylation is 1. The Morgan fingerprint density at radius 2 is 1.95 bits per heavy atom. The Labute approximate surface area is 125 Å². The first-order valence-corrected chi connectivity index (χ1v) is 7.95.